The maximum Gasteiger partial charge on any atom is 0.228 e. The summed E-state index contributed by atoms with van der Waals surface area (Å²) in [6.07, 6.45) is 0.342. The molecular weight excluding hydrogens is 288 g/mol. The lowest BCUT2D eigenvalue weighted by atomic mass is 10.1. The van der Waals surface area contributed by atoms with E-state index in [2.05, 4.69) is 40.3 Å². The van der Waals surface area contributed by atoms with Gasteiger partial charge >= 0.3 is 0 Å². The van der Waals surface area contributed by atoms with Crippen molar-refractivity contribution in [2.45, 2.75) is 40.7 Å². The highest BCUT2D eigenvalue weighted by atomic mass is 16.1. The molecule has 1 aromatic heterocycles. The molecule has 0 fully saturated rings. The predicted octanol–water partition coefficient (Wildman–Crippen LogP) is 3.05. The van der Waals surface area contributed by atoms with Crippen LogP contribution in [0.15, 0.2) is 24.3 Å². The third-order valence-electron chi connectivity index (χ3n) is 4.13. The van der Waals surface area contributed by atoms with Gasteiger partial charge in [-0.1, -0.05) is 26.0 Å². The summed E-state index contributed by atoms with van der Waals surface area (Å²) in [4.78, 5) is 14.6. The van der Waals surface area contributed by atoms with Gasteiger partial charge < -0.3 is 5.32 Å². The Kier molecular flexibility index (Phi) is 5.93. The smallest absolute Gasteiger partial charge is 0.228 e. The minimum Gasteiger partial charge on any atom is -0.326 e. The number of nitrogens with zero attached hydrogens (tertiary/aromatic N) is 2. The van der Waals surface area contributed by atoms with Gasteiger partial charge in [0.05, 0.1) is 12.1 Å². The molecule has 5 heteroatoms. The Balaban J connectivity index is 2.01. The van der Waals surface area contributed by atoms with Crippen molar-refractivity contribution in [3.05, 3.63) is 46.8 Å². The lowest BCUT2D eigenvalue weighted by molar-refractivity contribution is -0.115. The number of hydrogen-bond donors (Lipinski definition) is 2. The number of H-pyrrole nitrogens is 1. The molecule has 2 aromatic rings. The van der Waals surface area contributed by atoms with Gasteiger partial charge in [0.1, 0.15) is 0 Å². The number of benzene rings is 1. The van der Waals surface area contributed by atoms with Crippen molar-refractivity contribution in [1.82, 2.24) is 15.1 Å². The van der Waals surface area contributed by atoms with Crippen LogP contribution in [0.2, 0.25) is 0 Å². The Hall–Kier alpha value is -2.14. The molecule has 0 unspecified atom stereocenters. The van der Waals surface area contributed by atoms with Crippen LogP contribution in [-0.2, 0) is 17.8 Å². The van der Waals surface area contributed by atoms with E-state index < -0.39 is 0 Å². The van der Waals surface area contributed by atoms with E-state index in [1.54, 1.807) is 0 Å². The summed E-state index contributed by atoms with van der Waals surface area (Å²) in [5.74, 6) is -0.0161. The summed E-state index contributed by atoms with van der Waals surface area (Å²) >= 11 is 0. The molecule has 5 nitrogen and oxygen atoms in total. The first-order valence-electron chi connectivity index (χ1n) is 8.15. The molecule has 0 aliphatic heterocycles. The number of carbonyl (C=O) groups excluding carboxylic acids is 1. The highest BCUT2D eigenvalue weighted by molar-refractivity contribution is 5.92. The Labute approximate surface area is 138 Å². The van der Waals surface area contributed by atoms with Gasteiger partial charge in [0, 0.05) is 23.5 Å². The largest absolute Gasteiger partial charge is 0.326 e. The highest BCUT2D eigenvalue weighted by Crippen LogP contribution is 2.15. The number of aryl methyl sites for hydroxylation is 2. The van der Waals surface area contributed by atoms with Crippen LogP contribution < -0.4 is 5.32 Å². The normalized spacial score (nSPS) is 11.0. The van der Waals surface area contributed by atoms with Gasteiger partial charge in [0.2, 0.25) is 5.91 Å². The highest BCUT2D eigenvalue weighted by Gasteiger charge is 2.12. The molecule has 0 aliphatic rings. The van der Waals surface area contributed by atoms with Gasteiger partial charge in [-0.2, -0.15) is 5.10 Å². The van der Waals surface area contributed by atoms with E-state index in [9.17, 15) is 4.79 Å². The second-order valence-corrected chi connectivity index (χ2v) is 5.80. The Morgan fingerprint density at radius 1 is 1.26 bits per heavy atom. The van der Waals surface area contributed by atoms with Gasteiger partial charge in [-0.05, 0) is 44.6 Å². The van der Waals surface area contributed by atoms with Gasteiger partial charge in [-0.15, -0.1) is 0 Å². The number of aromatic nitrogens is 2. The molecule has 0 saturated heterocycles. The summed E-state index contributed by atoms with van der Waals surface area (Å²) in [5.41, 5.74) is 4.86. The molecular formula is C18H26N4O. The lowest BCUT2D eigenvalue weighted by Gasteiger charge is -2.18. The van der Waals surface area contributed by atoms with Crippen molar-refractivity contribution < 1.29 is 4.79 Å². The minimum atomic E-state index is -0.0161. The van der Waals surface area contributed by atoms with Crippen LogP contribution in [-0.4, -0.2) is 34.1 Å². The van der Waals surface area contributed by atoms with Crippen molar-refractivity contribution in [2.24, 2.45) is 0 Å². The number of nitrogens with one attached hydrogen (secondary N) is 2. The number of hydrogen-bond acceptors (Lipinski definition) is 3. The number of amides is 1. The van der Waals surface area contributed by atoms with E-state index in [4.69, 9.17) is 0 Å². The second-order valence-electron chi connectivity index (χ2n) is 5.80. The molecule has 1 amide bonds. The maximum absolute atomic E-state index is 12.3. The van der Waals surface area contributed by atoms with Crippen LogP contribution in [0, 0.1) is 13.8 Å². The molecule has 23 heavy (non-hydrogen) atoms. The fraction of sp³-hybridized carbons (Fsp3) is 0.444. The fourth-order valence-electron chi connectivity index (χ4n) is 2.65. The van der Waals surface area contributed by atoms with Gasteiger partial charge in [-0.3, -0.25) is 14.8 Å². The quantitative estimate of drug-likeness (QED) is 0.826. The number of anilines is 1. The van der Waals surface area contributed by atoms with Crippen LogP contribution in [0.1, 0.15) is 36.4 Å². The van der Waals surface area contributed by atoms with Gasteiger partial charge in [-0.25, -0.2) is 0 Å². The summed E-state index contributed by atoms with van der Waals surface area (Å²) in [6.45, 7) is 11.1. The molecule has 0 radical (unpaired) electrons. The number of rotatable bonds is 7. The number of carbonyl (C=O) groups is 1. The summed E-state index contributed by atoms with van der Waals surface area (Å²) < 4.78 is 0. The SMILES string of the molecule is CCN(CC)Cc1cccc(NC(=O)Cc2c(C)n[nH]c2C)c1. The van der Waals surface area contributed by atoms with Crippen LogP contribution in [0.25, 0.3) is 0 Å². The first-order valence-corrected chi connectivity index (χ1v) is 8.15. The third kappa shape index (κ3) is 4.66. The average molecular weight is 314 g/mol. The van der Waals surface area contributed by atoms with Crippen molar-refractivity contribution in [1.29, 1.82) is 0 Å². The fourth-order valence-corrected chi connectivity index (χ4v) is 2.65. The molecule has 0 saturated carbocycles. The molecule has 124 valence electrons. The third-order valence-corrected chi connectivity index (χ3v) is 4.13. The van der Waals surface area contributed by atoms with Crippen LogP contribution in [0.3, 0.4) is 0 Å². The topological polar surface area (TPSA) is 61.0 Å². The molecule has 0 atom stereocenters. The molecule has 0 spiro atoms. The zero-order valence-corrected chi connectivity index (χ0v) is 14.4. The Morgan fingerprint density at radius 2 is 2.00 bits per heavy atom. The van der Waals surface area contributed by atoms with E-state index >= 15 is 0 Å². The Bertz CT molecular complexity index is 639. The molecule has 0 bridgehead atoms. The maximum atomic E-state index is 12.3. The van der Waals surface area contributed by atoms with E-state index in [0.717, 1.165) is 42.3 Å². The van der Waals surface area contributed by atoms with Gasteiger partial charge in [0.15, 0.2) is 0 Å². The van der Waals surface area contributed by atoms with Crippen molar-refractivity contribution >= 4 is 11.6 Å². The monoisotopic (exact) mass is 314 g/mol. The molecule has 1 aromatic carbocycles. The average Bonchev–Trinajstić information content (AvgIpc) is 2.85. The second kappa shape index (κ2) is 7.92. The summed E-state index contributed by atoms with van der Waals surface area (Å²) in [6, 6.07) is 8.06. The van der Waals surface area contributed by atoms with E-state index in [1.165, 1.54) is 5.56 Å². The molecule has 2 rings (SSSR count). The Morgan fingerprint density at radius 3 is 2.61 bits per heavy atom. The van der Waals surface area contributed by atoms with E-state index in [1.807, 2.05) is 32.0 Å². The first-order chi connectivity index (χ1) is 11.0. The van der Waals surface area contributed by atoms with E-state index in [-0.39, 0.29) is 5.91 Å². The van der Waals surface area contributed by atoms with Crippen molar-refractivity contribution in [3.8, 4) is 0 Å². The van der Waals surface area contributed by atoms with Gasteiger partial charge in [0.25, 0.3) is 0 Å². The zero-order valence-electron chi connectivity index (χ0n) is 14.4. The summed E-state index contributed by atoms with van der Waals surface area (Å²) in [5, 5.41) is 10.0. The molecule has 2 N–H and O–H groups in total. The van der Waals surface area contributed by atoms with Crippen LogP contribution in [0.4, 0.5) is 5.69 Å². The van der Waals surface area contributed by atoms with Crippen molar-refractivity contribution in [3.63, 3.8) is 0 Å². The predicted molar refractivity (Wildman–Crippen MR) is 93.5 cm³/mol. The van der Waals surface area contributed by atoms with Crippen molar-refractivity contribution in [2.75, 3.05) is 18.4 Å². The van der Waals surface area contributed by atoms with Crippen LogP contribution >= 0.6 is 0 Å². The number of aromatic amines is 1. The zero-order chi connectivity index (χ0) is 16.8. The first kappa shape index (κ1) is 17.2. The molecule has 1 heterocycles. The summed E-state index contributed by atoms with van der Waals surface area (Å²) in [7, 11) is 0. The minimum absolute atomic E-state index is 0.0161. The standard InChI is InChI=1S/C18H26N4O/c1-5-22(6-2)12-15-8-7-9-16(10-15)19-18(23)11-17-13(3)20-21-14(17)4/h7-10H,5-6,11-12H2,1-4H3,(H,19,23)(H,20,21). The molecule has 0 aliphatic carbocycles. The van der Waals surface area contributed by atoms with Crippen LogP contribution in [0.5, 0.6) is 0 Å². The lowest BCUT2D eigenvalue weighted by Crippen LogP contribution is -2.22. The van der Waals surface area contributed by atoms with E-state index in [0.29, 0.717) is 6.42 Å².